The summed E-state index contributed by atoms with van der Waals surface area (Å²) in [5.74, 6) is 3.06. The van der Waals surface area contributed by atoms with Crippen molar-refractivity contribution in [3.63, 3.8) is 0 Å². The van der Waals surface area contributed by atoms with E-state index in [2.05, 4.69) is 62.0 Å². The molecule has 0 spiro atoms. The summed E-state index contributed by atoms with van der Waals surface area (Å²) in [6, 6.07) is 8.68. The first-order chi connectivity index (χ1) is 13.9. The number of benzene rings is 1. The van der Waals surface area contributed by atoms with Gasteiger partial charge in [-0.3, -0.25) is 4.79 Å². The normalized spacial score (nSPS) is 16.8. The van der Waals surface area contributed by atoms with E-state index in [4.69, 9.17) is 4.98 Å². The van der Waals surface area contributed by atoms with Crippen molar-refractivity contribution in [3.05, 3.63) is 52.8 Å². The summed E-state index contributed by atoms with van der Waals surface area (Å²) in [7, 11) is 0. The quantitative estimate of drug-likeness (QED) is 0.518. The highest BCUT2D eigenvalue weighted by atomic mass is 32.2. The molecule has 0 bridgehead atoms. The largest absolute Gasteiger partial charge is 0.294 e. The second-order valence-electron chi connectivity index (χ2n) is 8.62. The maximum absolute atomic E-state index is 12.8. The van der Waals surface area contributed by atoms with Crippen LogP contribution in [0.15, 0.2) is 35.6 Å². The van der Waals surface area contributed by atoms with E-state index in [1.165, 1.54) is 11.1 Å². The molecule has 0 saturated carbocycles. The Morgan fingerprint density at radius 1 is 1.10 bits per heavy atom. The van der Waals surface area contributed by atoms with E-state index in [1.54, 1.807) is 16.3 Å². The molecular formula is C23H28N4OS. The Hall–Kier alpha value is -2.21. The van der Waals surface area contributed by atoms with E-state index < -0.39 is 0 Å². The topological polar surface area (TPSA) is 60.1 Å². The monoisotopic (exact) mass is 408 g/mol. The highest BCUT2D eigenvalue weighted by molar-refractivity contribution is 7.99. The lowest BCUT2D eigenvalue weighted by atomic mass is 9.81. The summed E-state index contributed by atoms with van der Waals surface area (Å²) in [5.41, 5.74) is 4.07. The number of ketones is 1. The number of aromatic nitrogens is 4. The number of thioether (sulfide) groups is 1. The third-order valence-corrected chi connectivity index (χ3v) is 6.43. The summed E-state index contributed by atoms with van der Waals surface area (Å²) in [6.07, 6.45) is 4.23. The summed E-state index contributed by atoms with van der Waals surface area (Å²) in [5, 5.41) is 5.24. The van der Waals surface area contributed by atoms with Gasteiger partial charge in [-0.15, -0.1) is 5.10 Å². The van der Waals surface area contributed by atoms with Crippen molar-refractivity contribution in [1.82, 2.24) is 19.6 Å². The molecule has 1 atom stereocenters. The van der Waals surface area contributed by atoms with Crippen LogP contribution in [0.4, 0.5) is 0 Å². The first-order valence-corrected chi connectivity index (χ1v) is 11.4. The van der Waals surface area contributed by atoms with Crippen molar-refractivity contribution in [1.29, 1.82) is 0 Å². The smallest absolute Gasteiger partial charge is 0.253 e. The van der Waals surface area contributed by atoms with E-state index in [1.807, 2.05) is 6.20 Å². The molecule has 2 heterocycles. The number of nitrogens with zero attached hydrogens (tertiary/aromatic N) is 4. The Balaban J connectivity index is 1.57. The van der Waals surface area contributed by atoms with E-state index >= 15 is 0 Å². The summed E-state index contributed by atoms with van der Waals surface area (Å²) >= 11 is 1.65. The van der Waals surface area contributed by atoms with Crippen molar-refractivity contribution in [2.24, 2.45) is 5.92 Å². The van der Waals surface area contributed by atoms with Crippen LogP contribution in [0.5, 0.6) is 0 Å². The first kappa shape index (κ1) is 20.1. The predicted octanol–water partition coefficient (Wildman–Crippen LogP) is 5.30. The summed E-state index contributed by atoms with van der Waals surface area (Å²) in [4.78, 5) is 22.1. The van der Waals surface area contributed by atoms with Crippen LogP contribution in [-0.4, -0.2) is 31.1 Å². The predicted molar refractivity (Wildman–Crippen MR) is 117 cm³/mol. The molecule has 0 amide bonds. The molecule has 152 valence electrons. The summed E-state index contributed by atoms with van der Waals surface area (Å²) < 4.78 is 1.66. The van der Waals surface area contributed by atoms with Gasteiger partial charge >= 0.3 is 0 Å². The molecule has 6 heteroatoms. The minimum atomic E-state index is 0.142. The Morgan fingerprint density at radius 2 is 1.86 bits per heavy atom. The molecule has 5 nitrogen and oxygen atoms in total. The zero-order valence-electron chi connectivity index (χ0n) is 17.6. The highest BCUT2D eigenvalue weighted by Crippen LogP contribution is 2.33. The van der Waals surface area contributed by atoms with E-state index in [-0.39, 0.29) is 11.7 Å². The van der Waals surface area contributed by atoms with Gasteiger partial charge in [0.1, 0.15) is 0 Å². The molecule has 3 aromatic rings. The van der Waals surface area contributed by atoms with Gasteiger partial charge in [0.15, 0.2) is 5.78 Å². The molecule has 0 radical (unpaired) electrons. The van der Waals surface area contributed by atoms with Crippen molar-refractivity contribution < 1.29 is 4.79 Å². The number of hydrogen-bond donors (Lipinski definition) is 0. The maximum Gasteiger partial charge on any atom is 0.253 e. The van der Waals surface area contributed by atoms with Gasteiger partial charge in [-0.1, -0.05) is 63.7 Å². The number of carbonyl (C=O) groups excluding carboxylic acids is 1. The van der Waals surface area contributed by atoms with Crippen LogP contribution >= 0.6 is 11.8 Å². The van der Waals surface area contributed by atoms with Gasteiger partial charge in [-0.05, 0) is 41.7 Å². The fourth-order valence-corrected chi connectivity index (χ4v) is 4.76. The fraction of sp³-hybridized carbons (Fsp3) is 0.478. The Kier molecular flexibility index (Phi) is 5.72. The van der Waals surface area contributed by atoms with Gasteiger partial charge in [-0.2, -0.15) is 4.98 Å². The minimum Gasteiger partial charge on any atom is -0.294 e. The van der Waals surface area contributed by atoms with Gasteiger partial charge in [0, 0.05) is 18.4 Å². The number of hydrogen-bond acceptors (Lipinski definition) is 5. The summed E-state index contributed by atoms with van der Waals surface area (Å²) in [6.45, 7) is 8.81. The Bertz CT molecular complexity index is 1020. The van der Waals surface area contributed by atoms with Crippen LogP contribution in [0.2, 0.25) is 0 Å². The van der Waals surface area contributed by atoms with Crippen LogP contribution in [0.3, 0.4) is 0 Å². The maximum atomic E-state index is 12.8. The molecule has 1 aliphatic rings. The van der Waals surface area contributed by atoms with E-state index in [0.717, 1.165) is 29.4 Å². The van der Waals surface area contributed by atoms with Crippen molar-refractivity contribution in [2.45, 2.75) is 63.9 Å². The third-order valence-electron chi connectivity index (χ3n) is 5.56. The van der Waals surface area contributed by atoms with E-state index in [9.17, 15) is 4.79 Å². The second-order valence-corrected chi connectivity index (χ2v) is 9.68. The molecule has 29 heavy (non-hydrogen) atoms. The average Bonchev–Trinajstić information content (AvgIpc) is 3.07. The zero-order chi connectivity index (χ0) is 20.5. The van der Waals surface area contributed by atoms with Gasteiger partial charge < -0.3 is 0 Å². The molecule has 1 aromatic carbocycles. The Morgan fingerprint density at radius 3 is 2.55 bits per heavy atom. The lowest BCUT2D eigenvalue weighted by Crippen LogP contribution is -2.21. The van der Waals surface area contributed by atoms with Gasteiger partial charge in [-0.25, -0.2) is 9.50 Å². The minimum absolute atomic E-state index is 0.142. The lowest BCUT2D eigenvalue weighted by molar-refractivity contribution is 0.0962. The lowest BCUT2D eigenvalue weighted by Gasteiger charge is -2.23. The molecule has 0 unspecified atom stereocenters. The van der Waals surface area contributed by atoms with Crippen LogP contribution in [-0.2, 0) is 6.42 Å². The van der Waals surface area contributed by atoms with Gasteiger partial charge in [0.25, 0.3) is 5.78 Å². The Labute approximate surface area is 176 Å². The molecule has 0 saturated heterocycles. The second kappa shape index (κ2) is 8.27. The first-order valence-electron chi connectivity index (χ1n) is 10.4. The van der Waals surface area contributed by atoms with Gasteiger partial charge in [0.2, 0.25) is 5.16 Å². The molecule has 0 fully saturated rings. The molecule has 0 N–H and O–H groups in total. The zero-order valence-corrected chi connectivity index (χ0v) is 18.4. The molecule has 2 aromatic heterocycles. The van der Waals surface area contributed by atoms with Crippen LogP contribution < -0.4 is 0 Å². The van der Waals surface area contributed by atoms with E-state index in [0.29, 0.717) is 29.6 Å². The molecule has 0 aliphatic heterocycles. The fourth-order valence-electron chi connectivity index (χ4n) is 3.70. The number of Topliss-reactive ketones (excluding diaryl/α,β-unsaturated/α-hetero) is 1. The number of fused-ring (bicyclic) bond motifs is 2. The van der Waals surface area contributed by atoms with Crippen LogP contribution in [0.1, 0.15) is 79.6 Å². The molecule has 4 rings (SSSR count). The van der Waals surface area contributed by atoms with Crippen LogP contribution in [0, 0.1) is 5.92 Å². The van der Waals surface area contributed by atoms with Crippen molar-refractivity contribution >= 4 is 23.3 Å². The number of rotatable bonds is 6. The number of carbonyl (C=O) groups is 1. The third kappa shape index (κ3) is 4.37. The SMILES string of the molecule is CC(C)CCSc1nc2nc3c(cn2n1)C(=O)C[C@@H](c1ccc(C(C)C)cc1)C3. The van der Waals surface area contributed by atoms with Gasteiger partial charge in [0.05, 0.1) is 11.3 Å². The van der Waals surface area contributed by atoms with Crippen molar-refractivity contribution in [3.8, 4) is 0 Å². The van der Waals surface area contributed by atoms with Crippen LogP contribution in [0.25, 0.3) is 5.78 Å². The molecular weight excluding hydrogens is 380 g/mol. The molecule has 1 aliphatic carbocycles. The average molecular weight is 409 g/mol. The highest BCUT2D eigenvalue weighted by Gasteiger charge is 2.28. The standard InChI is InChI=1S/C23H28N4OS/c1-14(2)9-10-29-23-25-22-24-20-11-18(12-21(28)19(20)13-27(22)26-23)17-7-5-16(6-8-17)15(3)4/h5-8,13-15,18H,9-12H2,1-4H3/t18-/m0/s1. The van der Waals surface area contributed by atoms with Crippen molar-refractivity contribution in [2.75, 3.05) is 5.75 Å².